The van der Waals surface area contributed by atoms with E-state index in [9.17, 15) is 10.1 Å². The van der Waals surface area contributed by atoms with E-state index in [4.69, 9.17) is 4.74 Å². The zero-order valence-electron chi connectivity index (χ0n) is 11.5. The molecule has 0 aliphatic carbocycles. The summed E-state index contributed by atoms with van der Waals surface area (Å²) in [4.78, 5) is 10.6. The van der Waals surface area contributed by atoms with Crippen molar-refractivity contribution in [1.29, 1.82) is 0 Å². The van der Waals surface area contributed by atoms with E-state index < -0.39 is 0 Å². The van der Waals surface area contributed by atoms with Crippen LogP contribution in [-0.2, 0) is 5.33 Å². The smallest absolute Gasteiger partial charge is 0.272 e. The van der Waals surface area contributed by atoms with Gasteiger partial charge >= 0.3 is 0 Å². The predicted octanol–water partition coefficient (Wildman–Crippen LogP) is 5.66. The maximum atomic E-state index is 10.9. The molecule has 0 heterocycles. The summed E-state index contributed by atoms with van der Waals surface area (Å²) < 4.78 is 6.90. The fourth-order valence-electron chi connectivity index (χ4n) is 1.95. The zero-order valence-corrected chi connectivity index (χ0v) is 14.7. The van der Waals surface area contributed by atoms with E-state index in [2.05, 4.69) is 31.9 Å². The van der Waals surface area contributed by atoms with E-state index in [0.717, 1.165) is 21.3 Å². The Morgan fingerprint density at radius 1 is 1.14 bits per heavy atom. The zero-order chi connectivity index (χ0) is 15.6. The van der Waals surface area contributed by atoms with E-state index in [-0.39, 0.29) is 10.6 Å². The first-order chi connectivity index (χ1) is 9.92. The van der Waals surface area contributed by atoms with Crippen molar-refractivity contribution < 1.29 is 9.66 Å². The molecule has 2 aromatic carbocycles. The molecule has 2 aromatic rings. The molecule has 0 saturated heterocycles. The van der Waals surface area contributed by atoms with Gasteiger partial charge in [-0.3, -0.25) is 10.1 Å². The highest BCUT2D eigenvalue weighted by Crippen LogP contribution is 2.34. The fourth-order valence-corrected chi connectivity index (χ4v) is 2.80. The van der Waals surface area contributed by atoms with E-state index in [0.29, 0.717) is 16.6 Å². The second kappa shape index (κ2) is 6.58. The van der Waals surface area contributed by atoms with E-state index >= 15 is 0 Å². The van der Waals surface area contributed by atoms with Gasteiger partial charge in [0, 0.05) is 27.0 Å². The van der Waals surface area contributed by atoms with Gasteiger partial charge in [0.05, 0.1) is 4.92 Å². The molecule has 6 heteroatoms. The van der Waals surface area contributed by atoms with Crippen molar-refractivity contribution in [2.24, 2.45) is 0 Å². The number of rotatable bonds is 4. The van der Waals surface area contributed by atoms with Crippen LogP contribution in [0.15, 0.2) is 34.8 Å². The first kappa shape index (κ1) is 16.0. The normalized spacial score (nSPS) is 10.5. The summed E-state index contributed by atoms with van der Waals surface area (Å²) in [6.45, 7) is 3.51. The maximum Gasteiger partial charge on any atom is 0.272 e. The Labute approximate surface area is 139 Å². The largest absolute Gasteiger partial charge is 0.457 e. The van der Waals surface area contributed by atoms with E-state index in [1.807, 2.05) is 18.2 Å². The van der Waals surface area contributed by atoms with Crippen LogP contribution in [-0.4, -0.2) is 4.92 Å². The third-order valence-corrected chi connectivity index (χ3v) is 4.17. The van der Waals surface area contributed by atoms with Gasteiger partial charge in [0.25, 0.3) is 5.69 Å². The average molecular weight is 415 g/mol. The summed E-state index contributed by atoms with van der Waals surface area (Å²) >= 11 is 6.85. The molecule has 0 saturated carbocycles. The topological polar surface area (TPSA) is 52.4 Å². The van der Waals surface area contributed by atoms with Gasteiger partial charge in [0.1, 0.15) is 11.5 Å². The number of nitrogens with zero attached hydrogens (tertiary/aromatic N) is 1. The maximum absolute atomic E-state index is 10.9. The molecule has 0 unspecified atom stereocenters. The number of benzene rings is 2. The lowest BCUT2D eigenvalue weighted by Gasteiger charge is -2.13. The summed E-state index contributed by atoms with van der Waals surface area (Å²) in [5, 5.41) is 11.6. The molecule has 0 aliphatic heterocycles. The summed E-state index contributed by atoms with van der Waals surface area (Å²) in [6, 6.07) is 8.98. The second-order valence-corrected chi connectivity index (χ2v) is 6.13. The minimum atomic E-state index is -0.379. The Kier molecular flexibility index (Phi) is 5.00. The van der Waals surface area contributed by atoms with Gasteiger partial charge in [-0.1, -0.05) is 31.9 Å². The van der Waals surface area contributed by atoms with Crippen molar-refractivity contribution in [3.8, 4) is 11.5 Å². The number of halogens is 2. The summed E-state index contributed by atoms with van der Waals surface area (Å²) in [7, 11) is 0. The summed E-state index contributed by atoms with van der Waals surface area (Å²) in [6.07, 6.45) is 0. The van der Waals surface area contributed by atoms with Crippen LogP contribution >= 0.6 is 31.9 Å². The number of nitro benzene ring substituents is 1. The SMILES string of the molecule is Cc1cc([N+](=O)[O-])c(C)cc1Oc1ccc(Br)cc1CBr. The van der Waals surface area contributed by atoms with Crippen LogP contribution in [0, 0.1) is 24.0 Å². The van der Waals surface area contributed by atoms with Crippen molar-refractivity contribution in [2.75, 3.05) is 0 Å². The highest BCUT2D eigenvalue weighted by Gasteiger charge is 2.15. The lowest BCUT2D eigenvalue weighted by Crippen LogP contribution is -1.96. The number of aryl methyl sites for hydroxylation is 2. The van der Waals surface area contributed by atoms with Crippen LogP contribution in [0.3, 0.4) is 0 Å². The Morgan fingerprint density at radius 2 is 1.86 bits per heavy atom. The lowest BCUT2D eigenvalue weighted by molar-refractivity contribution is -0.385. The Hall–Kier alpha value is -1.40. The van der Waals surface area contributed by atoms with Crippen LogP contribution < -0.4 is 4.74 Å². The minimum Gasteiger partial charge on any atom is -0.457 e. The van der Waals surface area contributed by atoms with E-state index in [1.165, 1.54) is 6.07 Å². The highest BCUT2D eigenvalue weighted by atomic mass is 79.9. The number of hydrogen-bond acceptors (Lipinski definition) is 3. The molecule has 4 nitrogen and oxygen atoms in total. The molecule has 0 spiro atoms. The lowest BCUT2D eigenvalue weighted by atomic mass is 10.1. The first-order valence-electron chi connectivity index (χ1n) is 6.20. The van der Waals surface area contributed by atoms with Crippen LogP contribution in [0.4, 0.5) is 5.69 Å². The molecular formula is C15H13Br2NO3. The van der Waals surface area contributed by atoms with Crippen molar-refractivity contribution >= 4 is 37.5 Å². The van der Waals surface area contributed by atoms with Gasteiger partial charge in [-0.05, 0) is 43.7 Å². The van der Waals surface area contributed by atoms with Crippen LogP contribution in [0.2, 0.25) is 0 Å². The van der Waals surface area contributed by atoms with Crippen LogP contribution in [0.5, 0.6) is 11.5 Å². The molecule has 0 atom stereocenters. The van der Waals surface area contributed by atoms with Crippen molar-refractivity contribution in [3.63, 3.8) is 0 Å². The minimum absolute atomic E-state index is 0.108. The molecule has 0 aliphatic rings. The first-order valence-corrected chi connectivity index (χ1v) is 8.11. The highest BCUT2D eigenvalue weighted by molar-refractivity contribution is 9.10. The van der Waals surface area contributed by atoms with Gasteiger partial charge in [-0.2, -0.15) is 0 Å². The molecular weight excluding hydrogens is 402 g/mol. The molecule has 0 amide bonds. The van der Waals surface area contributed by atoms with E-state index in [1.54, 1.807) is 19.9 Å². The molecule has 0 fully saturated rings. The van der Waals surface area contributed by atoms with Crippen molar-refractivity contribution in [2.45, 2.75) is 19.2 Å². The monoisotopic (exact) mass is 413 g/mol. The number of hydrogen-bond donors (Lipinski definition) is 0. The third-order valence-electron chi connectivity index (χ3n) is 3.08. The Bertz CT molecular complexity index is 702. The average Bonchev–Trinajstić information content (AvgIpc) is 2.43. The molecule has 110 valence electrons. The Morgan fingerprint density at radius 3 is 2.48 bits per heavy atom. The van der Waals surface area contributed by atoms with Crippen LogP contribution in [0.1, 0.15) is 16.7 Å². The van der Waals surface area contributed by atoms with Crippen molar-refractivity contribution in [3.05, 3.63) is 61.6 Å². The third kappa shape index (κ3) is 3.63. The number of nitro groups is 1. The predicted molar refractivity (Wildman–Crippen MR) is 89.4 cm³/mol. The quantitative estimate of drug-likeness (QED) is 0.368. The van der Waals surface area contributed by atoms with Gasteiger partial charge in [-0.15, -0.1) is 0 Å². The standard InChI is InChI=1S/C15H13Br2NO3/c1-9-6-15(10(2)5-13(9)18(19)20)21-14-4-3-12(17)7-11(14)8-16/h3-7H,8H2,1-2H3. The number of ether oxygens (including phenoxy) is 1. The molecule has 2 rings (SSSR count). The molecule has 0 N–H and O–H groups in total. The molecule has 21 heavy (non-hydrogen) atoms. The van der Waals surface area contributed by atoms with Gasteiger partial charge in [-0.25, -0.2) is 0 Å². The number of alkyl halides is 1. The van der Waals surface area contributed by atoms with Gasteiger partial charge < -0.3 is 4.74 Å². The Balaban J connectivity index is 2.41. The molecule has 0 bridgehead atoms. The van der Waals surface area contributed by atoms with Crippen LogP contribution in [0.25, 0.3) is 0 Å². The molecule has 0 aromatic heterocycles. The molecule has 0 radical (unpaired) electrons. The fraction of sp³-hybridized carbons (Fsp3) is 0.200. The van der Waals surface area contributed by atoms with Crippen molar-refractivity contribution in [1.82, 2.24) is 0 Å². The van der Waals surface area contributed by atoms with Gasteiger partial charge in [0.15, 0.2) is 0 Å². The second-order valence-electron chi connectivity index (χ2n) is 4.65. The summed E-state index contributed by atoms with van der Waals surface area (Å²) in [5.74, 6) is 1.36. The van der Waals surface area contributed by atoms with Gasteiger partial charge in [0.2, 0.25) is 0 Å². The summed E-state index contributed by atoms with van der Waals surface area (Å²) in [5.41, 5.74) is 2.42.